The fraction of sp³-hybridized carbons (Fsp3) is 1.00. The van der Waals surface area contributed by atoms with Crippen molar-refractivity contribution in [2.24, 2.45) is 5.92 Å². The Morgan fingerprint density at radius 3 is 2.20 bits per heavy atom. The largest absolute Gasteiger partial charge is 0.390 e. The van der Waals surface area contributed by atoms with E-state index in [2.05, 4.69) is 20.8 Å². The molecular formula is C14H30O. The highest BCUT2D eigenvalue weighted by Crippen LogP contribution is 2.26. The van der Waals surface area contributed by atoms with Gasteiger partial charge in [-0.2, -0.15) is 0 Å². The molecule has 0 bridgehead atoms. The molecule has 0 saturated carbocycles. The highest BCUT2D eigenvalue weighted by Gasteiger charge is 2.22. The lowest BCUT2D eigenvalue weighted by atomic mass is 9.85. The Hall–Kier alpha value is -0.0400. The summed E-state index contributed by atoms with van der Waals surface area (Å²) >= 11 is 0. The monoisotopic (exact) mass is 214 g/mol. The molecule has 0 rings (SSSR count). The number of aliphatic hydroxyl groups is 1. The van der Waals surface area contributed by atoms with Crippen molar-refractivity contribution in [2.45, 2.75) is 84.7 Å². The summed E-state index contributed by atoms with van der Waals surface area (Å²) in [6, 6.07) is 0. The van der Waals surface area contributed by atoms with E-state index in [1.807, 2.05) is 6.92 Å². The zero-order valence-electron chi connectivity index (χ0n) is 11.2. The second-order valence-corrected chi connectivity index (χ2v) is 5.18. The molecule has 2 atom stereocenters. The standard InChI is InChI=1S/C14H30O/c1-5-8-9-10-11-13(6-2)12-14(4,15)7-3/h13,15H,5-12H2,1-4H3. The second kappa shape index (κ2) is 8.15. The van der Waals surface area contributed by atoms with Gasteiger partial charge in [-0.1, -0.05) is 59.3 Å². The molecule has 1 heteroatoms. The van der Waals surface area contributed by atoms with E-state index in [1.54, 1.807) is 0 Å². The first-order chi connectivity index (χ1) is 7.05. The fourth-order valence-corrected chi connectivity index (χ4v) is 2.08. The van der Waals surface area contributed by atoms with Crippen molar-refractivity contribution in [2.75, 3.05) is 0 Å². The lowest BCUT2D eigenvalue weighted by molar-refractivity contribution is 0.0276. The molecule has 2 unspecified atom stereocenters. The van der Waals surface area contributed by atoms with Crippen LogP contribution in [-0.2, 0) is 0 Å². The number of rotatable bonds is 9. The summed E-state index contributed by atoms with van der Waals surface area (Å²) in [4.78, 5) is 0. The Bertz CT molecular complexity index is 140. The molecule has 15 heavy (non-hydrogen) atoms. The highest BCUT2D eigenvalue weighted by atomic mass is 16.3. The van der Waals surface area contributed by atoms with Crippen LogP contribution in [0.2, 0.25) is 0 Å². The van der Waals surface area contributed by atoms with Crippen LogP contribution in [0.4, 0.5) is 0 Å². The first-order valence-electron chi connectivity index (χ1n) is 6.78. The summed E-state index contributed by atoms with van der Waals surface area (Å²) in [5.74, 6) is 0.719. The van der Waals surface area contributed by atoms with Crippen molar-refractivity contribution < 1.29 is 5.11 Å². The van der Waals surface area contributed by atoms with Gasteiger partial charge < -0.3 is 5.11 Å². The Kier molecular flexibility index (Phi) is 8.13. The molecule has 0 radical (unpaired) electrons. The smallest absolute Gasteiger partial charge is 0.0619 e. The van der Waals surface area contributed by atoms with Gasteiger partial charge in [-0.15, -0.1) is 0 Å². The normalized spacial score (nSPS) is 17.4. The highest BCUT2D eigenvalue weighted by molar-refractivity contribution is 4.74. The predicted octanol–water partition coefficient (Wildman–Crippen LogP) is 4.53. The van der Waals surface area contributed by atoms with Crippen molar-refractivity contribution in [1.82, 2.24) is 0 Å². The molecule has 0 aliphatic heterocycles. The van der Waals surface area contributed by atoms with Gasteiger partial charge in [0.2, 0.25) is 0 Å². The van der Waals surface area contributed by atoms with E-state index in [0.29, 0.717) is 0 Å². The van der Waals surface area contributed by atoms with E-state index >= 15 is 0 Å². The maximum absolute atomic E-state index is 10.0. The first kappa shape index (κ1) is 15.0. The Morgan fingerprint density at radius 1 is 1.07 bits per heavy atom. The molecule has 0 saturated heterocycles. The first-order valence-corrected chi connectivity index (χ1v) is 6.78. The van der Waals surface area contributed by atoms with Gasteiger partial charge in [0.25, 0.3) is 0 Å². The average molecular weight is 214 g/mol. The van der Waals surface area contributed by atoms with Gasteiger partial charge in [-0.3, -0.25) is 0 Å². The van der Waals surface area contributed by atoms with E-state index in [4.69, 9.17) is 0 Å². The van der Waals surface area contributed by atoms with Gasteiger partial charge in [-0.25, -0.2) is 0 Å². The number of unbranched alkanes of at least 4 members (excludes halogenated alkanes) is 3. The summed E-state index contributed by atoms with van der Waals surface area (Å²) in [6.07, 6.45) is 9.73. The third-order valence-corrected chi connectivity index (χ3v) is 3.53. The van der Waals surface area contributed by atoms with E-state index in [0.717, 1.165) is 18.8 Å². The lowest BCUT2D eigenvalue weighted by Gasteiger charge is -2.26. The molecule has 0 aliphatic rings. The van der Waals surface area contributed by atoms with Crippen molar-refractivity contribution in [3.05, 3.63) is 0 Å². The van der Waals surface area contributed by atoms with E-state index in [-0.39, 0.29) is 0 Å². The summed E-state index contributed by atoms with van der Waals surface area (Å²) in [5.41, 5.74) is -0.439. The van der Waals surface area contributed by atoms with Gasteiger partial charge in [0.05, 0.1) is 5.60 Å². The van der Waals surface area contributed by atoms with E-state index < -0.39 is 5.60 Å². The molecule has 1 nitrogen and oxygen atoms in total. The van der Waals surface area contributed by atoms with Crippen LogP contribution >= 0.6 is 0 Å². The van der Waals surface area contributed by atoms with Crippen LogP contribution in [0.25, 0.3) is 0 Å². The van der Waals surface area contributed by atoms with Gasteiger partial charge in [0, 0.05) is 0 Å². The minimum Gasteiger partial charge on any atom is -0.390 e. The summed E-state index contributed by atoms with van der Waals surface area (Å²) < 4.78 is 0. The fourth-order valence-electron chi connectivity index (χ4n) is 2.08. The lowest BCUT2D eigenvalue weighted by Crippen LogP contribution is -2.26. The van der Waals surface area contributed by atoms with Crippen LogP contribution < -0.4 is 0 Å². The van der Waals surface area contributed by atoms with E-state index in [1.165, 1.54) is 38.5 Å². The molecule has 0 spiro atoms. The molecule has 92 valence electrons. The van der Waals surface area contributed by atoms with Crippen molar-refractivity contribution >= 4 is 0 Å². The van der Waals surface area contributed by atoms with Crippen molar-refractivity contribution in [3.63, 3.8) is 0 Å². The van der Waals surface area contributed by atoms with Crippen LogP contribution in [-0.4, -0.2) is 10.7 Å². The molecule has 0 aromatic carbocycles. The summed E-state index contributed by atoms with van der Waals surface area (Å²) in [5, 5.41) is 10.0. The molecule has 0 aromatic heterocycles. The van der Waals surface area contributed by atoms with Crippen LogP contribution in [0.15, 0.2) is 0 Å². The SMILES string of the molecule is CCCCCCC(CC)CC(C)(O)CC. The van der Waals surface area contributed by atoms with Crippen LogP contribution in [0.3, 0.4) is 0 Å². The second-order valence-electron chi connectivity index (χ2n) is 5.18. The van der Waals surface area contributed by atoms with Crippen LogP contribution in [0.5, 0.6) is 0 Å². The van der Waals surface area contributed by atoms with Crippen LogP contribution in [0.1, 0.15) is 79.1 Å². The molecule has 0 aliphatic carbocycles. The maximum atomic E-state index is 10.0. The Morgan fingerprint density at radius 2 is 1.73 bits per heavy atom. The number of hydrogen-bond donors (Lipinski definition) is 1. The van der Waals surface area contributed by atoms with Crippen molar-refractivity contribution in [1.29, 1.82) is 0 Å². The Balaban J connectivity index is 3.72. The molecule has 0 aromatic rings. The molecular weight excluding hydrogens is 184 g/mol. The third kappa shape index (κ3) is 7.84. The molecule has 0 fully saturated rings. The average Bonchev–Trinajstić information content (AvgIpc) is 2.22. The maximum Gasteiger partial charge on any atom is 0.0619 e. The Labute approximate surface area is 96.3 Å². The van der Waals surface area contributed by atoms with Crippen molar-refractivity contribution in [3.8, 4) is 0 Å². The summed E-state index contributed by atoms with van der Waals surface area (Å²) in [7, 11) is 0. The third-order valence-electron chi connectivity index (χ3n) is 3.53. The minimum absolute atomic E-state index is 0.439. The van der Waals surface area contributed by atoms with Gasteiger partial charge >= 0.3 is 0 Å². The van der Waals surface area contributed by atoms with Crippen LogP contribution in [0, 0.1) is 5.92 Å². The molecule has 1 N–H and O–H groups in total. The number of hydrogen-bond acceptors (Lipinski definition) is 1. The summed E-state index contributed by atoms with van der Waals surface area (Å²) in [6.45, 7) is 8.54. The quantitative estimate of drug-likeness (QED) is 0.559. The zero-order chi connectivity index (χ0) is 11.7. The predicted molar refractivity (Wildman–Crippen MR) is 68.1 cm³/mol. The topological polar surface area (TPSA) is 20.2 Å². The molecule has 0 heterocycles. The molecule has 0 amide bonds. The minimum atomic E-state index is -0.439. The van der Waals surface area contributed by atoms with E-state index in [9.17, 15) is 5.11 Å². The van der Waals surface area contributed by atoms with Gasteiger partial charge in [0.15, 0.2) is 0 Å². The van der Waals surface area contributed by atoms with Gasteiger partial charge in [0.1, 0.15) is 0 Å². The van der Waals surface area contributed by atoms with Gasteiger partial charge in [-0.05, 0) is 25.7 Å². The zero-order valence-corrected chi connectivity index (χ0v) is 11.2.